The second-order valence-corrected chi connectivity index (χ2v) is 8.71. The molecule has 2 N–H and O–H groups in total. The van der Waals surface area contributed by atoms with Gasteiger partial charge in [-0.3, -0.25) is 4.79 Å². The third-order valence-electron chi connectivity index (χ3n) is 5.32. The number of carbonyl (C=O) groups is 2. The monoisotopic (exact) mass is 423 g/mol. The predicted molar refractivity (Wildman–Crippen MR) is 116 cm³/mol. The molecule has 1 atom stereocenters. The number of fused-ring (bicyclic) bond motifs is 3. The van der Waals surface area contributed by atoms with Crippen LogP contribution in [-0.4, -0.2) is 40.6 Å². The number of aromatic nitrogens is 1. The first-order valence-electron chi connectivity index (χ1n) is 10.3. The van der Waals surface area contributed by atoms with Crippen LogP contribution in [0.3, 0.4) is 0 Å². The highest BCUT2D eigenvalue weighted by atomic mass is 19.1. The molecule has 0 saturated carbocycles. The molecule has 31 heavy (non-hydrogen) atoms. The number of halogens is 1. The van der Waals surface area contributed by atoms with E-state index in [0.29, 0.717) is 13.0 Å². The number of nitrogens with one attached hydrogen (secondary N) is 2. The van der Waals surface area contributed by atoms with Crippen molar-refractivity contribution in [3.63, 3.8) is 0 Å². The van der Waals surface area contributed by atoms with Crippen molar-refractivity contribution in [1.29, 1.82) is 0 Å². The zero-order valence-corrected chi connectivity index (χ0v) is 17.9. The number of carbonyl (C=O) groups excluding carboxylic acids is 2. The van der Waals surface area contributed by atoms with E-state index < -0.39 is 17.7 Å². The van der Waals surface area contributed by atoms with Crippen LogP contribution in [0.5, 0.6) is 0 Å². The number of H-pyrrole nitrogens is 1. The van der Waals surface area contributed by atoms with Gasteiger partial charge in [-0.1, -0.05) is 30.3 Å². The average molecular weight is 423 g/mol. The number of hydrogen-bond donors (Lipinski definition) is 2. The Bertz CT molecular complexity index is 1120. The van der Waals surface area contributed by atoms with Gasteiger partial charge in [-0.2, -0.15) is 0 Å². The Balaban J connectivity index is 1.64. The minimum atomic E-state index is -0.645. The van der Waals surface area contributed by atoms with Crippen LogP contribution in [0, 0.1) is 5.82 Å². The summed E-state index contributed by atoms with van der Waals surface area (Å²) in [4.78, 5) is 30.3. The van der Waals surface area contributed by atoms with Gasteiger partial charge in [0, 0.05) is 23.1 Å². The summed E-state index contributed by atoms with van der Waals surface area (Å²) in [6.45, 7) is 5.61. The van der Waals surface area contributed by atoms with Gasteiger partial charge in [-0.05, 0) is 56.5 Å². The van der Waals surface area contributed by atoms with Crippen LogP contribution in [0.25, 0.3) is 10.9 Å². The molecule has 0 saturated heterocycles. The van der Waals surface area contributed by atoms with E-state index >= 15 is 0 Å². The molecule has 162 valence electrons. The molecule has 0 aliphatic carbocycles. The lowest BCUT2D eigenvalue weighted by Crippen LogP contribution is -2.46. The van der Waals surface area contributed by atoms with Crippen LogP contribution in [-0.2, 0) is 16.0 Å². The van der Waals surface area contributed by atoms with Crippen molar-refractivity contribution in [2.75, 3.05) is 13.1 Å². The lowest BCUT2D eigenvalue weighted by atomic mass is 9.92. The Morgan fingerprint density at radius 1 is 1.16 bits per heavy atom. The third kappa shape index (κ3) is 4.40. The summed E-state index contributed by atoms with van der Waals surface area (Å²) in [6.07, 6.45) is 0.0531. The van der Waals surface area contributed by atoms with Gasteiger partial charge in [-0.15, -0.1) is 0 Å². The number of amides is 2. The zero-order chi connectivity index (χ0) is 22.2. The number of benzene rings is 2. The Labute approximate surface area is 180 Å². The van der Waals surface area contributed by atoms with Gasteiger partial charge in [0.2, 0.25) is 5.91 Å². The summed E-state index contributed by atoms with van der Waals surface area (Å²) < 4.78 is 18.8. The van der Waals surface area contributed by atoms with Crippen LogP contribution in [0.1, 0.15) is 43.6 Å². The number of hydrogen-bond acceptors (Lipinski definition) is 3. The summed E-state index contributed by atoms with van der Waals surface area (Å²) in [6, 6.07) is 13.8. The fourth-order valence-electron chi connectivity index (χ4n) is 4.06. The van der Waals surface area contributed by atoms with Crippen molar-refractivity contribution in [3.8, 4) is 0 Å². The van der Waals surface area contributed by atoms with Crippen molar-refractivity contribution in [3.05, 3.63) is 71.2 Å². The molecule has 4 rings (SSSR count). The quantitative estimate of drug-likeness (QED) is 0.659. The maximum Gasteiger partial charge on any atom is 0.408 e. The lowest BCUT2D eigenvalue weighted by Gasteiger charge is -2.36. The molecular formula is C24H26FN3O3. The van der Waals surface area contributed by atoms with E-state index in [1.165, 1.54) is 12.1 Å². The highest BCUT2D eigenvalue weighted by molar-refractivity contribution is 5.87. The van der Waals surface area contributed by atoms with E-state index in [1.54, 1.807) is 37.8 Å². The van der Waals surface area contributed by atoms with Gasteiger partial charge in [0.15, 0.2) is 0 Å². The summed E-state index contributed by atoms with van der Waals surface area (Å²) in [7, 11) is 0. The summed E-state index contributed by atoms with van der Waals surface area (Å²) >= 11 is 0. The van der Waals surface area contributed by atoms with Crippen molar-refractivity contribution in [2.45, 2.75) is 38.8 Å². The summed E-state index contributed by atoms with van der Waals surface area (Å²) in [5.74, 6) is -0.564. The van der Waals surface area contributed by atoms with E-state index in [0.717, 1.165) is 27.7 Å². The number of nitrogens with zero attached hydrogens (tertiary/aromatic N) is 1. The van der Waals surface area contributed by atoms with E-state index in [1.807, 2.05) is 18.2 Å². The fourth-order valence-corrected chi connectivity index (χ4v) is 4.06. The SMILES string of the molecule is CC(C)(C)OC(=O)NCC(=O)N1CCc2c([nH]c3ccccc23)C1c1ccc(F)cc1. The van der Waals surface area contributed by atoms with Gasteiger partial charge in [0.25, 0.3) is 0 Å². The molecule has 1 aliphatic heterocycles. The molecule has 2 amide bonds. The molecule has 0 bridgehead atoms. The molecule has 1 aromatic heterocycles. The standard InChI is InChI=1S/C24H26FN3O3/c1-24(2,3)31-23(30)26-14-20(29)28-13-12-18-17-6-4-5-7-19(17)27-21(18)22(28)15-8-10-16(25)11-9-15/h4-11,22,27H,12-14H2,1-3H3,(H,26,30). The van der Waals surface area contributed by atoms with E-state index in [4.69, 9.17) is 4.74 Å². The molecule has 0 spiro atoms. The molecule has 1 unspecified atom stereocenters. The molecular weight excluding hydrogens is 397 g/mol. The molecule has 7 heteroatoms. The molecule has 1 aliphatic rings. The van der Waals surface area contributed by atoms with Crippen LogP contribution in [0.2, 0.25) is 0 Å². The lowest BCUT2D eigenvalue weighted by molar-refractivity contribution is -0.132. The van der Waals surface area contributed by atoms with Gasteiger partial charge in [0.05, 0.1) is 6.04 Å². The van der Waals surface area contributed by atoms with E-state index in [-0.39, 0.29) is 18.3 Å². The molecule has 3 aromatic rings. The smallest absolute Gasteiger partial charge is 0.408 e. The average Bonchev–Trinajstić information content (AvgIpc) is 3.09. The van der Waals surface area contributed by atoms with Gasteiger partial charge in [-0.25, -0.2) is 9.18 Å². The first kappa shape index (κ1) is 20.9. The fraction of sp³-hybridized carbons (Fsp3) is 0.333. The predicted octanol–water partition coefficient (Wildman–Crippen LogP) is 4.31. The second-order valence-electron chi connectivity index (χ2n) is 8.71. The summed E-state index contributed by atoms with van der Waals surface area (Å²) in [5.41, 5.74) is 3.24. The van der Waals surface area contributed by atoms with Crippen molar-refractivity contribution in [2.24, 2.45) is 0 Å². The van der Waals surface area contributed by atoms with Crippen molar-refractivity contribution < 1.29 is 18.7 Å². The largest absolute Gasteiger partial charge is 0.444 e. The second kappa shape index (κ2) is 8.06. The van der Waals surface area contributed by atoms with E-state index in [9.17, 15) is 14.0 Å². The Kier molecular flexibility index (Phi) is 5.43. The summed E-state index contributed by atoms with van der Waals surface area (Å²) in [5, 5.41) is 3.67. The Hall–Kier alpha value is -3.35. The van der Waals surface area contributed by atoms with Crippen molar-refractivity contribution >= 4 is 22.9 Å². The topological polar surface area (TPSA) is 74.4 Å². The first-order chi connectivity index (χ1) is 14.7. The van der Waals surface area contributed by atoms with Crippen LogP contribution in [0.15, 0.2) is 48.5 Å². The molecule has 2 aromatic carbocycles. The number of rotatable bonds is 3. The number of para-hydroxylation sites is 1. The maximum absolute atomic E-state index is 13.6. The van der Waals surface area contributed by atoms with Crippen molar-refractivity contribution in [1.82, 2.24) is 15.2 Å². The minimum absolute atomic E-state index is 0.178. The Morgan fingerprint density at radius 2 is 1.87 bits per heavy atom. The van der Waals surface area contributed by atoms with Gasteiger partial charge >= 0.3 is 6.09 Å². The first-order valence-corrected chi connectivity index (χ1v) is 10.3. The third-order valence-corrected chi connectivity index (χ3v) is 5.32. The number of ether oxygens (including phenoxy) is 1. The van der Waals surface area contributed by atoms with Gasteiger partial charge < -0.3 is 19.9 Å². The molecule has 2 heterocycles. The normalized spacial score (nSPS) is 16.1. The van der Waals surface area contributed by atoms with Gasteiger partial charge in [0.1, 0.15) is 18.0 Å². The van der Waals surface area contributed by atoms with Crippen LogP contribution >= 0.6 is 0 Å². The van der Waals surface area contributed by atoms with Crippen LogP contribution < -0.4 is 5.32 Å². The molecule has 0 radical (unpaired) electrons. The minimum Gasteiger partial charge on any atom is -0.444 e. The highest BCUT2D eigenvalue weighted by Gasteiger charge is 2.34. The zero-order valence-electron chi connectivity index (χ0n) is 17.9. The number of alkyl carbamates (subject to hydrolysis) is 1. The van der Waals surface area contributed by atoms with E-state index in [2.05, 4.69) is 16.4 Å². The number of aromatic amines is 1. The maximum atomic E-state index is 13.6. The van der Waals surface area contributed by atoms with Crippen LogP contribution in [0.4, 0.5) is 9.18 Å². The molecule has 6 nitrogen and oxygen atoms in total. The molecule has 0 fully saturated rings. The highest BCUT2D eigenvalue weighted by Crippen LogP contribution is 2.38. The Morgan fingerprint density at radius 3 is 2.58 bits per heavy atom.